The third-order valence-corrected chi connectivity index (χ3v) is 3.11. The Labute approximate surface area is 112 Å². The summed E-state index contributed by atoms with van der Waals surface area (Å²) in [6, 6.07) is 7.10. The number of carbonyl (C=O) groups excluding carboxylic acids is 1. The van der Waals surface area contributed by atoms with Gasteiger partial charge >= 0.3 is 5.97 Å². The molecule has 1 atom stereocenters. The maximum atomic E-state index is 12.1. The van der Waals surface area contributed by atoms with Gasteiger partial charge in [-0.3, -0.25) is 0 Å². The highest BCUT2D eigenvalue weighted by Gasteiger charge is 2.53. The average molecular weight is 266 g/mol. The zero-order chi connectivity index (χ0) is 14.1. The van der Waals surface area contributed by atoms with Crippen LogP contribution in [0.15, 0.2) is 24.3 Å². The maximum Gasteiger partial charge on any atom is 0.345 e. The second-order valence-electron chi connectivity index (χ2n) is 4.84. The van der Waals surface area contributed by atoms with Gasteiger partial charge in [0.1, 0.15) is 5.75 Å². The van der Waals surface area contributed by atoms with Crippen LogP contribution in [0.2, 0.25) is 0 Å². The van der Waals surface area contributed by atoms with Gasteiger partial charge in [0.05, 0.1) is 20.8 Å². The Bertz CT molecular complexity index is 465. The minimum Gasteiger partial charge on any atom is -0.497 e. The molecule has 5 nitrogen and oxygen atoms in total. The second kappa shape index (κ2) is 4.83. The highest BCUT2D eigenvalue weighted by Crippen LogP contribution is 2.40. The van der Waals surface area contributed by atoms with Crippen molar-refractivity contribution >= 4 is 5.97 Å². The van der Waals surface area contributed by atoms with Gasteiger partial charge in [0.15, 0.2) is 5.79 Å². The van der Waals surface area contributed by atoms with E-state index in [9.17, 15) is 4.79 Å². The van der Waals surface area contributed by atoms with E-state index in [-0.39, 0.29) is 6.61 Å². The van der Waals surface area contributed by atoms with Crippen LogP contribution in [0.5, 0.6) is 5.75 Å². The molecule has 1 fully saturated rings. The number of hydrogen-bond acceptors (Lipinski definition) is 5. The molecule has 0 aliphatic carbocycles. The highest BCUT2D eigenvalue weighted by molar-refractivity contribution is 5.82. The monoisotopic (exact) mass is 266 g/mol. The summed E-state index contributed by atoms with van der Waals surface area (Å²) in [5.74, 6) is -0.584. The lowest BCUT2D eigenvalue weighted by molar-refractivity contribution is -0.190. The number of ether oxygens (including phenoxy) is 4. The van der Waals surface area contributed by atoms with Crippen LogP contribution in [-0.2, 0) is 24.6 Å². The van der Waals surface area contributed by atoms with Gasteiger partial charge in [-0.05, 0) is 31.5 Å². The van der Waals surface area contributed by atoms with Crippen LogP contribution in [0.3, 0.4) is 0 Å². The number of carbonyl (C=O) groups is 1. The van der Waals surface area contributed by atoms with Crippen molar-refractivity contribution in [2.75, 3.05) is 20.8 Å². The highest BCUT2D eigenvalue weighted by atomic mass is 16.8. The maximum absolute atomic E-state index is 12.1. The van der Waals surface area contributed by atoms with Gasteiger partial charge in [0, 0.05) is 0 Å². The number of rotatable bonds is 3. The van der Waals surface area contributed by atoms with Gasteiger partial charge in [-0.25, -0.2) is 4.79 Å². The Morgan fingerprint density at radius 2 is 1.84 bits per heavy atom. The molecular weight excluding hydrogens is 248 g/mol. The van der Waals surface area contributed by atoms with E-state index in [1.807, 2.05) is 0 Å². The summed E-state index contributed by atoms with van der Waals surface area (Å²) >= 11 is 0. The molecule has 104 valence electrons. The fourth-order valence-corrected chi connectivity index (χ4v) is 2.14. The van der Waals surface area contributed by atoms with Crippen LogP contribution in [0.4, 0.5) is 0 Å². The standard InChI is InChI=1S/C14H18O5/c1-13(2)18-9-14(19-13,12(15)17-4)10-5-7-11(16-3)8-6-10/h5-8H,9H2,1-4H3/t14-/m0/s1. The Kier molecular flexibility index (Phi) is 3.52. The summed E-state index contributed by atoms with van der Waals surface area (Å²) in [5, 5.41) is 0. The topological polar surface area (TPSA) is 54.0 Å². The van der Waals surface area contributed by atoms with Crippen LogP contribution in [0.25, 0.3) is 0 Å². The lowest BCUT2D eigenvalue weighted by Crippen LogP contribution is -2.40. The van der Waals surface area contributed by atoms with Crippen LogP contribution < -0.4 is 4.74 Å². The first kappa shape index (κ1) is 13.8. The quantitative estimate of drug-likeness (QED) is 0.781. The van der Waals surface area contributed by atoms with E-state index < -0.39 is 17.4 Å². The zero-order valence-electron chi connectivity index (χ0n) is 11.6. The molecule has 1 aromatic rings. The molecule has 0 N–H and O–H groups in total. The van der Waals surface area contributed by atoms with Crippen LogP contribution in [-0.4, -0.2) is 32.6 Å². The summed E-state index contributed by atoms with van der Waals surface area (Å²) in [6.45, 7) is 3.65. The van der Waals surface area contributed by atoms with E-state index in [0.717, 1.165) is 0 Å². The molecule has 0 unspecified atom stereocenters. The normalized spacial score (nSPS) is 25.1. The molecule has 1 aliphatic rings. The summed E-state index contributed by atoms with van der Waals surface area (Å²) in [6.07, 6.45) is 0. The van der Waals surface area contributed by atoms with Crippen molar-refractivity contribution in [3.8, 4) is 5.75 Å². The van der Waals surface area contributed by atoms with Crippen molar-refractivity contribution in [3.63, 3.8) is 0 Å². The first-order valence-electron chi connectivity index (χ1n) is 6.00. The van der Waals surface area contributed by atoms with Crippen LogP contribution >= 0.6 is 0 Å². The molecule has 1 aromatic carbocycles. The summed E-state index contributed by atoms with van der Waals surface area (Å²) in [5.41, 5.74) is -0.532. The van der Waals surface area contributed by atoms with E-state index in [2.05, 4.69) is 0 Å². The minimum atomic E-state index is -1.22. The van der Waals surface area contributed by atoms with Crippen molar-refractivity contribution in [1.29, 1.82) is 0 Å². The number of methoxy groups -OCH3 is 2. The molecule has 1 aliphatic heterocycles. The molecule has 0 radical (unpaired) electrons. The lowest BCUT2D eigenvalue weighted by atomic mass is 9.94. The molecule has 5 heteroatoms. The lowest BCUT2D eigenvalue weighted by Gasteiger charge is -2.27. The van der Waals surface area contributed by atoms with Gasteiger partial charge in [-0.15, -0.1) is 0 Å². The van der Waals surface area contributed by atoms with E-state index in [1.54, 1.807) is 45.2 Å². The van der Waals surface area contributed by atoms with Crippen molar-refractivity contribution in [1.82, 2.24) is 0 Å². The fraction of sp³-hybridized carbons (Fsp3) is 0.500. The van der Waals surface area contributed by atoms with Gasteiger partial charge in [-0.1, -0.05) is 12.1 Å². The zero-order valence-corrected chi connectivity index (χ0v) is 11.6. The van der Waals surface area contributed by atoms with Crippen molar-refractivity contribution in [2.24, 2.45) is 0 Å². The van der Waals surface area contributed by atoms with Crippen LogP contribution in [0.1, 0.15) is 19.4 Å². The van der Waals surface area contributed by atoms with E-state index in [4.69, 9.17) is 18.9 Å². The Morgan fingerprint density at radius 3 is 2.26 bits per heavy atom. The Balaban J connectivity index is 2.41. The molecule has 0 spiro atoms. The van der Waals surface area contributed by atoms with Crippen LogP contribution in [0, 0.1) is 0 Å². The third kappa shape index (κ3) is 2.43. The number of esters is 1. The average Bonchev–Trinajstić information content (AvgIpc) is 2.75. The van der Waals surface area contributed by atoms with Crippen molar-refractivity contribution < 1.29 is 23.7 Å². The first-order chi connectivity index (χ1) is 8.93. The predicted molar refractivity (Wildman–Crippen MR) is 67.8 cm³/mol. The minimum absolute atomic E-state index is 0.124. The Hall–Kier alpha value is -1.59. The second-order valence-corrected chi connectivity index (χ2v) is 4.84. The predicted octanol–water partition coefficient (Wildman–Crippen LogP) is 1.85. The summed E-state index contributed by atoms with van der Waals surface area (Å²) in [7, 11) is 2.92. The largest absolute Gasteiger partial charge is 0.497 e. The smallest absolute Gasteiger partial charge is 0.345 e. The fourth-order valence-electron chi connectivity index (χ4n) is 2.14. The SMILES string of the molecule is COC(=O)[C@@]1(c2ccc(OC)cc2)COC(C)(C)O1. The molecule has 0 saturated carbocycles. The molecule has 1 saturated heterocycles. The molecule has 0 bridgehead atoms. The molecule has 0 aromatic heterocycles. The van der Waals surface area contributed by atoms with Gasteiger partial charge in [0.2, 0.25) is 5.60 Å². The van der Waals surface area contributed by atoms with Crippen molar-refractivity contribution in [2.45, 2.75) is 25.2 Å². The summed E-state index contributed by atoms with van der Waals surface area (Å²) in [4.78, 5) is 12.1. The molecule has 19 heavy (non-hydrogen) atoms. The van der Waals surface area contributed by atoms with Crippen molar-refractivity contribution in [3.05, 3.63) is 29.8 Å². The van der Waals surface area contributed by atoms with E-state index in [1.165, 1.54) is 7.11 Å². The Morgan fingerprint density at radius 1 is 1.21 bits per heavy atom. The number of hydrogen-bond donors (Lipinski definition) is 0. The van der Waals surface area contributed by atoms with E-state index >= 15 is 0 Å². The third-order valence-electron chi connectivity index (χ3n) is 3.11. The van der Waals surface area contributed by atoms with Gasteiger partial charge in [-0.2, -0.15) is 0 Å². The summed E-state index contributed by atoms with van der Waals surface area (Å²) < 4.78 is 21.3. The molecule has 2 rings (SSSR count). The first-order valence-corrected chi connectivity index (χ1v) is 6.00. The molecule has 0 amide bonds. The molecular formula is C14H18O5. The van der Waals surface area contributed by atoms with E-state index in [0.29, 0.717) is 11.3 Å². The number of benzene rings is 1. The van der Waals surface area contributed by atoms with Gasteiger partial charge < -0.3 is 18.9 Å². The van der Waals surface area contributed by atoms with Gasteiger partial charge in [0.25, 0.3) is 0 Å². The molecule has 1 heterocycles.